The summed E-state index contributed by atoms with van der Waals surface area (Å²) in [4.78, 5) is 11.6. The molecule has 4 nitrogen and oxygen atoms in total. The average Bonchev–Trinajstić information content (AvgIpc) is 2.95. The molecule has 0 saturated heterocycles. The Balaban J connectivity index is 0.000000963. The van der Waals surface area contributed by atoms with Gasteiger partial charge in [0.1, 0.15) is 0 Å². The van der Waals surface area contributed by atoms with E-state index >= 15 is 0 Å². The number of nitrogens with one attached hydrogen (secondary N) is 1. The summed E-state index contributed by atoms with van der Waals surface area (Å²) in [6.45, 7) is 0. The van der Waals surface area contributed by atoms with Gasteiger partial charge in [-0.15, -0.1) is 12.4 Å². The highest BCUT2D eigenvalue weighted by molar-refractivity contribution is 7.90. The number of carbonyl (C=O) groups excluding carboxylic acids is 1. The lowest BCUT2D eigenvalue weighted by Gasteiger charge is -2.04. The summed E-state index contributed by atoms with van der Waals surface area (Å²) in [6, 6.07) is 0. The fourth-order valence-corrected chi connectivity index (χ4v) is 3.59. The second kappa shape index (κ2) is 3.88. The maximum absolute atomic E-state index is 11.6. The second-order valence-electron chi connectivity index (χ2n) is 5.05. The predicted octanol–water partition coefficient (Wildman–Crippen LogP) is 1.06. The summed E-state index contributed by atoms with van der Waals surface area (Å²) in [6.07, 6.45) is 4.77. The minimum absolute atomic E-state index is 0. The molecule has 1 N–H and O–H groups in total. The molecular weight excluding hydrogens is 250 g/mol. The molecule has 16 heavy (non-hydrogen) atoms. The minimum atomic E-state index is -3.32. The summed E-state index contributed by atoms with van der Waals surface area (Å²) in [7, 11) is -3.32. The van der Waals surface area contributed by atoms with Gasteiger partial charge in [-0.25, -0.2) is 8.42 Å². The highest BCUT2D eigenvalue weighted by Gasteiger charge is 2.52. The molecule has 3 aliphatic rings. The van der Waals surface area contributed by atoms with Gasteiger partial charge in [0, 0.05) is 5.92 Å². The van der Waals surface area contributed by atoms with Crippen molar-refractivity contribution in [2.75, 3.05) is 0 Å². The third-order valence-corrected chi connectivity index (χ3v) is 5.44. The van der Waals surface area contributed by atoms with E-state index < -0.39 is 10.0 Å². The van der Waals surface area contributed by atoms with Gasteiger partial charge in [0.2, 0.25) is 15.9 Å². The van der Waals surface area contributed by atoms with E-state index in [-0.39, 0.29) is 29.5 Å². The van der Waals surface area contributed by atoms with Gasteiger partial charge >= 0.3 is 0 Å². The first-order valence-electron chi connectivity index (χ1n) is 5.63. The van der Waals surface area contributed by atoms with Crippen molar-refractivity contribution in [2.45, 2.75) is 37.4 Å². The van der Waals surface area contributed by atoms with Crippen molar-refractivity contribution in [1.29, 1.82) is 0 Å². The van der Waals surface area contributed by atoms with E-state index in [9.17, 15) is 13.2 Å². The average molecular weight is 266 g/mol. The molecule has 1 amide bonds. The molecule has 92 valence electrons. The molecule has 0 aromatic carbocycles. The van der Waals surface area contributed by atoms with Crippen LogP contribution in [0, 0.1) is 17.8 Å². The molecule has 0 bridgehead atoms. The third kappa shape index (κ3) is 2.35. The van der Waals surface area contributed by atoms with Gasteiger partial charge in [-0.3, -0.25) is 9.52 Å². The van der Waals surface area contributed by atoms with Crippen LogP contribution in [0.5, 0.6) is 0 Å². The molecule has 0 heterocycles. The zero-order valence-electron chi connectivity index (χ0n) is 8.89. The molecular formula is C10H16ClNO3S. The number of halogens is 1. The van der Waals surface area contributed by atoms with Crippen LogP contribution in [0.4, 0.5) is 0 Å². The Hall–Kier alpha value is -0.290. The van der Waals surface area contributed by atoms with Crippen molar-refractivity contribution in [3.63, 3.8) is 0 Å². The number of hydrogen-bond donors (Lipinski definition) is 1. The predicted molar refractivity (Wildman–Crippen MR) is 61.7 cm³/mol. The van der Waals surface area contributed by atoms with Crippen LogP contribution in [0.25, 0.3) is 0 Å². The van der Waals surface area contributed by atoms with E-state index in [1.807, 2.05) is 0 Å². The molecule has 3 rings (SSSR count). The Kier molecular flexibility index (Phi) is 2.95. The zero-order chi connectivity index (χ0) is 10.6. The minimum Gasteiger partial charge on any atom is -0.274 e. The molecule has 2 unspecified atom stereocenters. The monoisotopic (exact) mass is 265 g/mol. The van der Waals surface area contributed by atoms with Crippen molar-refractivity contribution in [2.24, 2.45) is 17.8 Å². The second-order valence-corrected chi connectivity index (χ2v) is 7.01. The largest absolute Gasteiger partial charge is 0.274 e. The fourth-order valence-electron chi connectivity index (χ4n) is 2.24. The van der Waals surface area contributed by atoms with E-state index in [0.717, 1.165) is 6.42 Å². The number of hydrogen-bond acceptors (Lipinski definition) is 3. The maximum atomic E-state index is 11.6. The highest BCUT2D eigenvalue weighted by Crippen LogP contribution is 2.54. The fraction of sp³-hybridized carbons (Fsp3) is 0.900. The molecule has 0 spiro atoms. The van der Waals surface area contributed by atoms with Crippen molar-refractivity contribution in [1.82, 2.24) is 4.72 Å². The van der Waals surface area contributed by atoms with Crippen LogP contribution in [0.2, 0.25) is 0 Å². The summed E-state index contributed by atoms with van der Waals surface area (Å²) < 4.78 is 25.2. The molecule has 6 heteroatoms. The van der Waals surface area contributed by atoms with Gasteiger partial charge in [0.05, 0.1) is 5.25 Å². The standard InChI is InChI=1S/C10H15NO3S.ClH/c12-10(9-5-8(9)6-1-2-6)11-15(13,14)7-3-4-7;/h6-9H,1-5H2,(H,11,12);1H. The highest BCUT2D eigenvalue weighted by atomic mass is 35.5. The van der Waals surface area contributed by atoms with Crippen molar-refractivity contribution < 1.29 is 13.2 Å². The molecule has 0 aromatic heterocycles. The number of amides is 1. The topological polar surface area (TPSA) is 63.2 Å². The van der Waals surface area contributed by atoms with Crippen molar-refractivity contribution >= 4 is 28.3 Å². The van der Waals surface area contributed by atoms with Gasteiger partial charge in [0.15, 0.2) is 0 Å². The van der Waals surface area contributed by atoms with Gasteiger partial charge in [-0.05, 0) is 43.9 Å². The SMILES string of the molecule is Cl.O=C(NS(=O)(=O)C1CC1)C1CC1C1CC1. The van der Waals surface area contributed by atoms with Gasteiger partial charge < -0.3 is 0 Å². The molecule has 3 fully saturated rings. The van der Waals surface area contributed by atoms with Crippen LogP contribution in [-0.4, -0.2) is 19.6 Å². The first-order valence-corrected chi connectivity index (χ1v) is 7.18. The smallest absolute Gasteiger partial charge is 0.237 e. The Morgan fingerprint density at radius 1 is 1.12 bits per heavy atom. The number of carbonyl (C=O) groups is 1. The summed E-state index contributed by atoms with van der Waals surface area (Å²) in [5, 5.41) is -0.292. The Morgan fingerprint density at radius 3 is 2.25 bits per heavy atom. The van der Waals surface area contributed by atoms with Crippen molar-refractivity contribution in [3.8, 4) is 0 Å². The quantitative estimate of drug-likeness (QED) is 0.827. The molecule has 2 atom stereocenters. The molecule has 0 aromatic rings. The normalized spacial score (nSPS) is 32.8. The van der Waals surface area contributed by atoms with Crippen LogP contribution >= 0.6 is 12.4 Å². The zero-order valence-corrected chi connectivity index (χ0v) is 10.5. The first kappa shape index (κ1) is 12.2. The Morgan fingerprint density at radius 2 is 1.75 bits per heavy atom. The van der Waals surface area contributed by atoms with E-state index in [0.29, 0.717) is 24.7 Å². The van der Waals surface area contributed by atoms with Crippen molar-refractivity contribution in [3.05, 3.63) is 0 Å². The van der Waals surface area contributed by atoms with Gasteiger partial charge in [-0.2, -0.15) is 0 Å². The van der Waals surface area contributed by atoms with Crippen LogP contribution in [0.15, 0.2) is 0 Å². The first-order chi connectivity index (χ1) is 7.08. The molecule has 0 aliphatic heterocycles. The Bertz CT molecular complexity index is 400. The maximum Gasteiger partial charge on any atom is 0.237 e. The van der Waals surface area contributed by atoms with E-state index in [2.05, 4.69) is 4.72 Å². The van der Waals surface area contributed by atoms with Gasteiger partial charge in [0.25, 0.3) is 0 Å². The van der Waals surface area contributed by atoms with E-state index in [1.165, 1.54) is 12.8 Å². The van der Waals surface area contributed by atoms with Crippen LogP contribution in [0.1, 0.15) is 32.1 Å². The molecule has 3 saturated carbocycles. The summed E-state index contributed by atoms with van der Waals surface area (Å²) in [5.74, 6) is 0.939. The number of sulfonamides is 1. The molecule has 3 aliphatic carbocycles. The van der Waals surface area contributed by atoms with Gasteiger partial charge in [-0.1, -0.05) is 0 Å². The van der Waals surface area contributed by atoms with Crippen LogP contribution in [0.3, 0.4) is 0 Å². The summed E-state index contributed by atoms with van der Waals surface area (Å²) in [5.41, 5.74) is 0. The third-order valence-electron chi connectivity index (χ3n) is 3.61. The Labute approximate surface area is 102 Å². The summed E-state index contributed by atoms with van der Waals surface area (Å²) >= 11 is 0. The van der Waals surface area contributed by atoms with Crippen LogP contribution < -0.4 is 4.72 Å². The number of rotatable bonds is 4. The molecule has 0 radical (unpaired) electrons. The van der Waals surface area contributed by atoms with E-state index in [1.54, 1.807) is 0 Å². The lowest BCUT2D eigenvalue weighted by molar-refractivity contribution is -0.120. The van der Waals surface area contributed by atoms with Crippen LogP contribution in [-0.2, 0) is 14.8 Å². The van der Waals surface area contributed by atoms with E-state index in [4.69, 9.17) is 0 Å². The lowest BCUT2D eigenvalue weighted by atomic mass is 10.2. The lowest BCUT2D eigenvalue weighted by Crippen LogP contribution is -2.34.